The zero-order chi connectivity index (χ0) is 24.6. The number of aliphatic hydroxyl groups is 8. The first kappa shape index (κ1) is 26.2. The Morgan fingerprint density at radius 3 is 2.09 bits per heavy atom. The van der Waals surface area contributed by atoms with E-state index in [1.807, 2.05) is 0 Å². The summed E-state index contributed by atoms with van der Waals surface area (Å²) in [6.45, 7) is 1.54. The van der Waals surface area contributed by atoms with Gasteiger partial charge in [-0.3, -0.25) is 0 Å². The first-order chi connectivity index (χ1) is 15.5. The van der Waals surface area contributed by atoms with E-state index in [0.29, 0.717) is 0 Å². The summed E-state index contributed by atoms with van der Waals surface area (Å²) in [4.78, 5) is 0. The van der Waals surface area contributed by atoms with Crippen molar-refractivity contribution in [3.05, 3.63) is 30.3 Å². The van der Waals surface area contributed by atoms with Crippen molar-refractivity contribution in [1.82, 2.24) is 0 Å². The Kier molecular flexibility index (Phi) is 7.98. The van der Waals surface area contributed by atoms with Crippen LogP contribution in [0.15, 0.2) is 30.3 Å². The molecule has 2 aliphatic heterocycles. The van der Waals surface area contributed by atoms with E-state index in [1.54, 1.807) is 18.2 Å². The van der Waals surface area contributed by atoms with Gasteiger partial charge < -0.3 is 59.8 Å². The lowest BCUT2D eigenvalue weighted by molar-refractivity contribution is -0.463. The number of rotatable bonds is 7. The zero-order valence-electron chi connectivity index (χ0n) is 18.2. The molecule has 33 heavy (non-hydrogen) atoms. The highest BCUT2D eigenvalue weighted by Gasteiger charge is 2.67. The molecule has 2 fully saturated rings. The van der Waals surface area contributed by atoms with Gasteiger partial charge in [0.15, 0.2) is 6.29 Å². The predicted molar refractivity (Wildman–Crippen MR) is 108 cm³/mol. The summed E-state index contributed by atoms with van der Waals surface area (Å²) in [6, 6.07) is 7.98. The van der Waals surface area contributed by atoms with E-state index in [-0.39, 0.29) is 5.75 Å². The van der Waals surface area contributed by atoms with E-state index in [9.17, 15) is 40.9 Å². The van der Waals surface area contributed by atoms with Gasteiger partial charge in [-0.15, -0.1) is 0 Å². The third kappa shape index (κ3) is 4.61. The summed E-state index contributed by atoms with van der Waals surface area (Å²) in [5, 5.41) is 83.5. The summed E-state index contributed by atoms with van der Waals surface area (Å²) >= 11 is 0. The minimum Gasteiger partial charge on any atom is -0.459 e. The highest BCUT2D eigenvalue weighted by atomic mass is 16.8. The lowest BCUT2D eigenvalue weighted by atomic mass is 9.74. The van der Waals surface area contributed by atoms with Crippen LogP contribution in [0.25, 0.3) is 0 Å². The number of hydrogen-bond donors (Lipinski definition) is 8. The molecular weight excluding hydrogens is 444 g/mol. The molecule has 12 nitrogen and oxygen atoms in total. The van der Waals surface area contributed by atoms with E-state index in [2.05, 4.69) is 0 Å². The number of benzene rings is 1. The fraction of sp³-hybridized carbons (Fsp3) is 0.714. The minimum atomic E-state index is -2.91. The van der Waals surface area contributed by atoms with Gasteiger partial charge in [0, 0.05) is 0 Å². The molecule has 0 aromatic heterocycles. The number of hydrogen-bond acceptors (Lipinski definition) is 12. The van der Waals surface area contributed by atoms with E-state index in [4.69, 9.17) is 18.9 Å². The maximum Gasteiger partial charge on any atom is 0.262 e. The third-order valence-corrected chi connectivity index (χ3v) is 6.20. The number of para-hydroxylation sites is 1. The molecule has 0 aliphatic carbocycles. The van der Waals surface area contributed by atoms with Crippen LogP contribution in [0.1, 0.15) is 13.8 Å². The first-order valence-electron chi connectivity index (χ1n) is 10.6. The average molecular weight is 476 g/mol. The van der Waals surface area contributed by atoms with E-state index in [1.165, 1.54) is 26.0 Å². The molecule has 12 heteroatoms. The van der Waals surface area contributed by atoms with Gasteiger partial charge in [0.25, 0.3) is 12.1 Å². The van der Waals surface area contributed by atoms with Gasteiger partial charge in [-0.2, -0.15) is 0 Å². The van der Waals surface area contributed by atoms with Gasteiger partial charge in [-0.05, 0) is 18.1 Å². The summed E-state index contributed by atoms with van der Waals surface area (Å²) in [5.41, 5.74) is -2.24. The van der Waals surface area contributed by atoms with Crippen molar-refractivity contribution in [3.63, 3.8) is 0 Å². The van der Waals surface area contributed by atoms with E-state index < -0.39 is 79.7 Å². The second-order valence-corrected chi connectivity index (χ2v) is 8.58. The topological polar surface area (TPSA) is 199 Å². The van der Waals surface area contributed by atoms with Gasteiger partial charge in [-0.1, -0.05) is 32.0 Å². The Labute approximate surface area is 190 Å². The molecule has 2 saturated heterocycles. The Morgan fingerprint density at radius 2 is 1.55 bits per heavy atom. The molecule has 0 unspecified atom stereocenters. The standard InChI is InChI=1S/C21H32O12/c1-10(2)20(28)13(9-23)32-19(30-11-6-4-3-5-7-11)21(29,18(20)27)33-17-16(26)15(25)14(24)12(8-22)31-17/h3-7,10,12-19,22-29H,8-9H2,1-2H3/t12-,13-,14-,15+,16-,17+,18+,19-,20+,21-/m1/s1. The van der Waals surface area contributed by atoms with Crippen molar-refractivity contribution in [3.8, 4) is 5.75 Å². The van der Waals surface area contributed by atoms with Gasteiger partial charge in [0.1, 0.15) is 48.0 Å². The van der Waals surface area contributed by atoms with Crippen LogP contribution in [0.5, 0.6) is 5.75 Å². The Morgan fingerprint density at radius 1 is 0.909 bits per heavy atom. The molecular formula is C21H32O12. The molecule has 0 spiro atoms. The third-order valence-electron chi connectivity index (χ3n) is 6.20. The Bertz CT molecular complexity index is 763. The molecule has 188 valence electrons. The van der Waals surface area contributed by atoms with Crippen LogP contribution in [-0.2, 0) is 14.2 Å². The molecule has 0 amide bonds. The lowest BCUT2D eigenvalue weighted by Crippen LogP contribution is -2.77. The molecule has 2 heterocycles. The van der Waals surface area contributed by atoms with Gasteiger partial charge >= 0.3 is 0 Å². The Hall–Kier alpha value is -1.42. The largest absolute Gasteiger partial charge is 0.459 e. The molecule has 8 N–H and O–H groups in total. The normalized spacial score (nSPS) is 44.1. The second-order valence-electron chi connectivity index (χ2n) is 8.58. The maximum absolute atomic E-state index is 11.5. The van der Waals surface area contributed by atoms with Crippen molar-refractivity contribution in [2.75, 3.05) is 13.2 Å². The van der Waals surface area contributed by atoms with Crippen molar-refractivity contribution < 1.29 is 59.8 Å². The SMILES string of the molecule is CC(C)[C@@]1(O)[C@H](O)[C@@](O)(O[C@@H]2O[C@H](CO)[C@@H](O)[C@H](O)[C@H]2O)[C@H](Oc2ccccc2)O[C@@H]1CO. The molecule has 2 aliphatic rings. The summed E-state index contributed by atoms with van der Waals surface area (Å²) in [6.07, 6.45) is -14.1. The predicted octanol–water partition coefficient (Wildman–Crippen LogP) is -2.96. The van der Waals surface area contributed by atoms with Crippen LogP contribution in [0.4, 0.5) is 0 Å². The van der Waals surface area contributed by atoms with Gasteiger partial charge in [0.05, 0.1) is 13.2 Å². The molecule has 1 aromatic rings. The van der Waals surface area contributed by atoms with Crippen LogP contribution in [0.3, 0.4) is 0 Å². The first-order valence-corrected chi connectivity index (χ1v) is 10.6. The maximum atomic E-state index is 11.5. The van der Waals surface area contributed by atoms with Crippen LogP contribution in [0.2, 0.25) is 0 Å². The molecule has 3 rings (SSSR count). The molecule has 0 radical (unpaired) electrons. The average Bonchev–Trinajstić information content (AvgIpc) is 2.80. The highest BCUT2D eigenvalue weighted by molar-refractivity contribution is 5.22. The second kappa shape index (κ2) is 10.1. The number of ether oxygens (including phenoxy) is 4. The van der Waals surface area contributed by atoms with Gasteiger partial charge in [-0.25, -0.2) is 0 Å². The summed E-state index contributed by atoms with van der Waals surface area (Å²) in [7, 11) is 0. The number of aliphatic hydroxyl groups excluding tert-OH is 6. The summed E-state index contributed by atoms with van der Waals surface area (Å²) < 4.78 is 22.0. The fourth-order valence-electron chi connectivity index (χ4n) is 4.07. The van der Waals surface area contributed by atoms with E-state index >= 15 is 0 Å². The lowest BCUT2D eigenvalue weighted by Gasteiger charge is -2.55. The molecule has 0 bridgehead atoms. The van der Waals surface area contributed by atoms with Crippen LogP contribution in [-0.4, -0.2) is 115 Å². The molecule has 0 saturated carbocycles. The Balaban J connectivity index is 1.99. The summed E-state index contributed by atoms with van der Waals surface area (Å²) in [5.74, 6) is -3.50. The smallest absolute Gasteiger partial charge is 0.262 e. The van der Waals surface area contributed by atoms with Crippen LogP contribution >= 0.6 is 0 Å². The van der Waals surface area contributed by atoms with Crippen molar-refractivity contribution >= 4 is 0 Å². The fourth-order valence-corrected chi connectivity index (χ4v) is 4.07. The highest BCUT2D eigenvalue weighted by Crippen LogP contribution is 2.43. The monoisotopic (exact) mass is 476 g/mol. The van der Waals surface area contributed by atoms with Crippen molar-refractivity contribution in [2.24, 2.45) is 5.92 Å². The minimum absolute atomic E-state index is 0.178. The van der Waals surface area contributed by atoms with Crippen LogP contribution in [0, 0.1) is 5.92 Å². The van der Waals surface area contributed by atoms with Gasteiger partial charge in [0.2, 0.25) is 0 Å². The molecule has 1 aromatic carbocycles. The van der Waals surface area contributed by atoms with Crippen molar-refractivity contribution in [1.29, 1.82) is 0 Å². The quantitative estimate of drug-likeness (QED) is 0.186. The molecule has 10 atom stereocenters. The zero-order valence-corrected chi connectivity index (χ0v) is 18.2. The van der Waals surface area contributed by atoms with Crippen molar-refractivity contribution in [2.45, 2.75) is 74.4 Å². The van der Waals surface area contributed by atoms with E-state index in [0.717, 1.165) is 0 Å². The van der Waals surface area contributed by atoms with Crippen LogP contribution < -0.4 is 4.74 Å².